The molecule has 2 aromatic heterocycles. The first-order valence-electron chi connectivity index (χ1n) is 8.93. The Balaban J connectivity index is 0.000000396. The fraction of sp³-hybridized carbons (Fsp3) is 0.421. The summed E-state index contributed by atoms with van der Waals surface area (Å²) in [5.74, 6) is -2.78. The van der Waals surface area contributed by atoms with Crippen LogP contribution < -0.4 is 0 Å². The van der Waals surface area contributed by atoms with Crippen LogP contribution >= 0.6 is 0 Å². The van der Waals surface area contributed by atoms with Gasteiger partial charge in [0.15, 0.2) is 0 Å². The average molecular weight is 429 g/mol. The number of carboxylic acid groups (broad SMARTS) is 1. The minimum absolute atomic E-state index is 0.0198. The molecule has 1 unspecified atom stereocenters. The second kappa shape index (κ2) is 10.7. The number of amides is 1. The van der Waals surface area contributed by atoms with Crippen molar-refractivity contribution in [3.05, 3.63) is 54.1 Å². The lowest BCUT2D eigenvalue weighted by Crippen LogP contribution is -2.39. The lowest BCUT2D eigenvalue weighted by Gasteiger charge is -2.24. The van der Waals surface area contributed by atoms with Gasteiger partial charge < -0.3 is 24.0 Å². The van der Waals surface area contributed by atoms with Crippen molar-refractivity contribution in [1.82, 2.24) is 14.5 Å². The molecule has 0 aliphatic carbocycles. The van der Waals surface area contributed by atoms with E-state index in [0.29, 0.717) is 19.7 Å². The van der Waals surface area contributed by atoms with Gasteiger partial charge in [-0.05, 0) is 24.3 Å². The first kappa shape index (κ1) is 23.4. The van der Waals surface area contributed by atoms with Gasteiger partial charge in [-0.3, -0.25) is 9.78 Å². The van der Waals surface area contributed by atoms with Crippen molar-refractivity contribution >= 4 is 11.9 Å². The fourth-order valence-corrected chi connectivity index (χ4v) is 2.75. The molecule has 0 fully saturated rings. The van der Waals surface area contributed by atoms with Crippen LogP contribution in [0.15, 0.2) is 42.7 Å². The summed E-state index contributed by atoms with van der Waals surface area (Å²) in [6, 6.07) is 9.79. The zero-order valence-corrected chi connectivity index (χ0v) is 16.2. The van der Waals surface area contributed by atoms with Crippen LogP contribution in [-0.4, -0.2) is 64.0 Å². The van der Waals surface area contributed by atoms with Crippen LogP contribution in [0.4, 0.5) is 13.2 Å². The molecule has 1 N–H and O–H groups in total. The van der Waals surface area contributed by atoms with E-state index in [0.717, 1.165) is 17.9 Å². The molecule has 164 valence electrons. The molecule has 0 saturated carbocycles. The van der Waals surface area contributed by atoms with E-state index in [1.807, 2.05) is 36.5 Å². The highest BCUT2D eigenvalue weighted by Crippen LogP contribution is 2.16. The lowest BCUT2D eigenvalue weighted by atomic mass is 10.3. The number of hydrogen-bond donors (Lipinski definition) is 1. The van der Waals surface area contributed by atoms with Gasteiger partial charge in [0.05, 0.1) is 31.5 Å². The summed E-state index contributed by atoms with van der Waals surface area (Å²) < 4.78 is 44.9. The SMILES string of the molecule is COCC(=O)N1Cc2cccn2CC(OCc2ccccn2)C1.O=C(O)C(F)(F)F. The molecule has 1 aliphatic rings. The van der Waals surface area contributed by atoms with E-state index < -0.39 is 12.1 Å². The largest absolute Gasteiger partial charge is 0.490 e. The number of rotatable bonds is 5. The second-order valence-corrected chi connectivity index (χ2v) is 6.42. The Kier molecular flexibility index (Phi) is 8.36. The standard InChI is InChI=1S/C17H21N3O3.C2HF3O2/c1-22-13-17(21)20-9-15-6-4-8-19(15)10-16(11-20)23-12-14-5-2-3-7-18-14;3-2(4,5)1(6)7/h2-8,16H,9-13H2,1H3;(H,6,7). The molecule has 11 heteroatoms. The van der Waals surface area contributed by atoms with E-state index in [9.17, 15) is 18.0 Å². The van der Waals surface area contributed by atoms with Gasteiger partial charge in [0.25, 0.3) is 0 Å². The van der Waals surface area contributed by atoms with E-state index in [1.54, 1.807) is 11.1 Å². The third kappa shape index (κ3) is 7.16. The maximum atomic E-state index is 12.2. The van der Waals surface area contributed by atoms with Crippen molar-refractivity contribution in [3.63, 3.8) is 0 Å². The van der Waals surface area contributed by atoms with Crippen molar-refractivity contribution in [2.45, 2.75) is 32.0 Å². The molecule has 8 nitrogen and oxygen atoms in total. The molecule has 1 aliphatic heterocycles. The average Bonchev–Trinajstić information content (AvgIpc) is 3.05. The Hall–Kier alpha value is -2.92. The number of aromatic nitrogens is 2. The van der Waals surface area contributed by atoms with E-state index in [-0.39, 0.29) is 18.6 Å². The number of fused-ring (bicyclic) bond motifs is 1. The monoisotopic (exact) mass is 429 g/mol. The minimum Gasteiger partial charge on any atom is -0.475 e. The number of alkyl halides is 3. The Labute approximate surface area is 170 Å². The van der Waals surface area contributed by atoms with Crippen LogP contribution in [0.1, 0.15) is 11.4 Å². The van der Waals surface area contributed by atoms with Crippen molar-refractivity contribution in [3.8, 4) is 0 Å². The number of carbonyl (C=O) groups is 2. The first-order chi connectivity index (χ1) is 14.2. The molecule has 0 radical (unpaired) electrons. The highest BCUT2D eigenvalue weighted by molar-refractivity contribution is 5.77. The molecular weight excluding hydrogens is 407 g/mol. The quantitative estimate of drug-likeness (QED) is 0.782. The summed E-state index contributed by atoms with van der Waals surface area (Å²) in [7, 11) is 1.54. The maximum Gasteiger partial charge on any atom is 0.490 e. The van der Waals surface area contributed by atoms with Gasteiger partial charge in [0, 0.05) is 31.7 Å². The lowest BCUT2D eigenvalue weighted by molar-refractivity contribution is -0.192. The minimum atomic E-state index is -5.08. The van der Waals surface area contributed by atoms with Gasteiger partial charge in [-0.1, -0.05) is 6.07 Å². The number of ether oxygens (including phenoxy) is 2. The Bertz CT molecular complexity index is 826. The van der Waals surface area contributed by atoms with Crippen molar-refractivity contribution in [2.75, 3.05) is 20.3 Å². The number of carbonyl (C=O) groups excluding carboxylic acids is 1. The van der Waals surface area contributed by atoms with E-state index in [4.69, 9.17) is 19.4 Å². The topological polar surface area (TPSA) is 93.9 Å². The third-order valence-corrected chi connectivity index (χ3v) is 4.16. The van der Waals surface area contributed by atoms with Crippen LogP contribution in [0.5, 0.6) is 0 Å². The summed E-state index contributed by atoms with van der Waals surface area (Å²) in [6.07, 6.45) is -1.38. The normalized spacial score (nSPS) is 16.1. The molecule has 0 bridgehead atoms. The maximum absolute atomic E-state index is 12.2. The number of carboxylic acids is 1. The number of nitrogens with zero attached hydrogens (tertiary/aromatic N) is 3. The van der Waals surface area contributed by atoms with Crippen molar-refractivity contribution in [2.24, 2.45) is 0 Å². The van der Waals surface area contributed by atoms with Crippen LogP contribution in [0, 0.1) is 0 Å². The number of halogens is 3. The van der Waals surface area contributed by atoms with Gasteiger partial charge in [0.1, 0.15) is 6.61 Å². The van der Waals surface area contributed by atoms with E-state index >= 15 is 0 Å². The zero-order chi connectivity index (χ0) is 22.1. The summed E-state index contributed by atoms with van der Waals surface area (Å²) in [6.45, 7) is 2.39. The molecule has 0 saturated heterocycles. The number of pyridine rings is 1. The molecule has 0 aromatic carbocycles. The fourth-order valence-electron chi connectivity index (χ4n) is 2.75. The predicted octanol–water partition coefficient (Wildman–Crippen LogP) is 2.09. The highest BCUT2D eigenvalue weighted by Gasteiger charge is 2.38. The van der Waals surface area contributed by atoms with Gasteiger partial charge in [-0.2, -0.15) is 13.2 Å². The van der Waals surface area contributed by atoms with E-state index in [2.05, 4.69) is 9.55 Å². The van der Waals surface area contributed by atoms with Crippen molar-refractivity contribution in [1.29, 1.82) is 0 Å². The van der Waals surface area contributed by atoms with Crippen molar-refractivity contribution < 1.29 is 37.3 Å². The Morgan fingerprint density at radius 3 is 2.57 bits per heavy atom. The summed E-state index contributed by atoms with van der Waals surface area (Å²) in [5, 5.41) is 7.12. The smallest absolute Gasteiger partial charge is 0.475 e. The molecule has 1 amide bonds. The third-order valence-electron chi connectivity index (χ3n) is 4.16. The molecule has 1 atom stereocenters. The van der Waals surface area contributed by atoms with Crippen LogP contribution in [0.2, 0.25) is 0 Å². The van der Waals surface area contributed by atoms with Gasteiger partial charge in [-0.25, -0.2) is 4.79 Å². The molecule has 0 spiro atoms. The highest BCUT2D eigenvalue weighted by atomic mass is 19.4. The predicted molar refractivity (Wildman–Crippen MR) is 98.2 cm³/mol. The number of methoxy groups -OCH3 is 1. The summed E-state index contributed by atoms with van der Waals surface area (Å²) in [5.41, 5.74) is 2.00. The second-order valence-electron chi connectivity index (χ2n) is 6.42. The van der Waals surface area contributed by atoms with E-state index in [1.165, 1.54) is 7.11 Å². The zero-order valence-electron chi connectivity index (χ0n) is 16.2. The molecule has 3 rings (SSSR count). The van der Waals surface area contributed by atoms with Gasteiger partial charge in [-0.15, -0.1) is 0 Å². The van der Waals surface area contributed by atoms with Crippen LogP contribution in [0.3, 0.4) is 0 Å². The molecule has 3 heterocycles. The summed E-state index contributed by atoms with van der Waals surface area (Å²) >= 11 is 0. The molecule has 2 aromatic rings. The first-order valence-corrected chi connectivity index (χ1v) is 8.93. The number of aliphatic carboxylic acids is 1. The molecule has 30 heavy (non-hydrogen) atoms. The molecular formula is C19H22F3N3O5. The number of hydrogen-bond acceptors (Lipinski definition) is 5. The van der Waals surface area contributed by atoms with Crippen LogP contribution in [0.25, 0.3) is 0 Å². The Morgan fingerprint density at radius 1 is 1.23 bits per heavy atom. The van der Waals surface area contributed by atoms with Crippen LogP contribution in [-0.2, 0) is 38.8 Å². The van der Waals surface area contributed by atoms with Gasteiger partial charge in [0.2, 0.25) is 5.91 Å². The van der Waals surface area contributed by atoms with Gasteiger partial charge >= 0.3 is 12.1 Å². The summed E-state index contributed by atoms with van der Waals surface area (Å²) in [4.78, 5) is 27.2. The Morgan fingerprint density at radius 2 is 1.97 bits per heavy atom.